The number of amides is 1. The first-order chi connectivity index (χ1) is 12.2. The number of ether oxygens (including phenoxy) is 1. The molecule has 2 N–H and O–H groups in total. The highest BCUT2D eigenvalue weighted by Crippen LogP contribution is 2.29. The number of aliphatic hydroxyl groups excluding tert-OH is 1. The smallest absolute Gasteiger partial charge is 0.255 e. The van der Waals surface area contributed by atoms with Crippen LogP contribution in [0.3, 0.4) is 0 Å². The van der Waals surface area contributed by atoms with E-state index in [2.05, 4.69) is 17.1 Å². The average molecular weight is 346 g/mol. The summed E-state index contributed by atoms with van der Waals surface area (Å²) in [6, 6.07) is 5.52. The number of β-amino-alcohol motifs (C(OH)–C–C–N with tert-alkyl or cyclic N) is 1. The van der Waals surface area contributed by atoms with Crippen LogP contribution in [0.25, 0.3) is 0 Å². The third kappa shape index (κ3) is 4.53. The van der Waals surface area contributed by atoms with E-state index < -0.39 is 6.10 Å². The fourth-order valence-corrected chi connectivity index (χ4v) is 3.77. The van der Waals surface area contributed by atoms with E-state index in [0.29, 0.717) is 24.5 Å². The van der Waals surface area contributed by atoms with Crippen molar-refractivity contribution in [2.24, 2.45) is 0 Å². The zero-order valence-electron chi connectivity index (χ0n) is 15.2. The standard InChI is InChI=1S/C20H30N2O3/c1-2-3-4-5-11-22-12-9-17(18(23)14-22)21-20(24)16-8-6-7-15-10-13-25-19(15)16/h6-8,17-18,23H,2-5,9-14H2,1H3,(H,21,24). The Balaban J connectivity index is 1.51. The Morgan fingerprint density at radius 1 is 1.36 bits per heavy atom. The average Bonchev–Trinajstić information content (AvgIpc) is 3.09. The van der Waals surface area contributed by atoms with Gasteiger partial charge in [0.25, 0.3) is 5.91 Å². The number of piperidine rings is 1. The van der Waals surface area contributed by atoms with Gasteiger partial charge in [-0.3, -0.25) is 4.79 Å². The van der Waals surface area contributed by atoms with E-state index in [1.54, 1.807) is 6.07 Å². The summed E-state index contributed by atoms with van der Waals surface area (Å²) in [7, 11) is 0. The van der Waals surface area contributed by atoms with E-state index in [-0.39, 0.29) is 11.9 Å². The van der Waals surface area contributed by atoms with Crippen molar-refractivity contribution in [3.63, 3.8) is 0 Å². The minimum absolute atomic E-state index is 0.140. The van der Waals surface area contributed by atoms with E-state index in [1.165, 1.54) is 25.7 Å². The van der Waals surface area contributed by atoms with Crippen molar-refractivity contribution in [2.45, 2.75) is 57.6 Å². The number of carbonyl (C=O) groups is 1. The van der Waals surface area contributed by atoms with Crippen LogP contribution in [0.5, 0.6) is 5.75 Å². The number of benzene rings is 1. The molecule has 1 saturated heterocycles. The third-order valence-corrected chi connectivity index (χ3v) is 5.27. The molecule has 0 aliphatic carbocycles. The van der Waals surface area contributed by atoms with Gasteiger partial charge in [0.2, 0.25) is 0 Å². The zero-order valence-corrected chi connectivity index (χ0v) is 15.2. The molecule has 1 aromatic carbocycles. The van der Waals surface area contributed by atoms with Crippen molar-refractivity contribution in [2.75, 3.05) is 26.2 Å². The van der Waals surface area contributed by atoms with E-state index in [1.807, 2.05) is 12.1 Å². The van der Waals surface area contributed by atoms with Crippen LogP contribution in [0.2, 0.25) is 0 Å². The van der Waals surface area contributed by atoms with Crippen molar-refractivity contribution in [1.82, 2.24) is 10.2 Å². The highest BCUT2D eigenvalue weighted by Gasteiger charge is 2.30. The summed E-state index contributed by atoms with van der Waals surface area (Å²) < 4.78 is 5.62. The van der Waals surface area contributed by atoms with Crippen LogP contribution in [0.15, 0.2) is 18.2 Å². The second-order valence-electron chi connectivity index (χ2n) is 7.19. The monoisotopic (exact) mass is 346 g/mol. The van der Waals surface area contributed by atoms with Gasteiger partial charge < -0.3 is 20.1 Å². The van der Waals surface area contributed by atoms with Crippen molar-refractivity contribution in [3.05, 3.63) is 29.3 Å². The number of para-hydroxylation sites is 1. The molecule has 0 spiro atoms. The molecule has 1 aromatic rings. The molecule has 2 unspecified atom stereocenters. The Hall–Kier alpha value is -1.59. The molecule has 0 saturated carbocycles. The summed E-state index contributed by atoms with van der Waals surface area (Å²) in [6.45, 7) is 5.46. The predicted molar refractivity (Wildman–Crippen MR) is 98.1 cm³/mol. The van der Waals surface area contributed by atoms with Crippen molar-refractivity contribution >= 4 is 5.91 Å². The Labute approximate surface area is 150 Å². The molecule has 2 heterocycles. The second-order valence-corrected chi connectivity index (χ2v) is 7.19. The summed E-state index contributed by atoms with van der Waals surface area (Å²) in [6.07, 6.45) is 6.09. The number of fused-ring (bicyclic) bond motifs is 1. The molecule has 5 heteroatoms. The minimum Gasteiger partial charge on any atom is -0.492 e. The number of unbranched alkanes of at least 4 members (excludes halogenated alkanes) is 3. The Morgan fingerprint density at radius 2 is 2.24 bits per heavy atom. The molecule has 138 valence electrons. The number of likely N-dealkylation sites (tertiary alicyclic amines) is 1. The molecule has 2 aliphatic rings. The maximum absolute atomic E-state index is 12.6. The number of nitrogens with one attached hydrogen (secondary N) is 1. The van der Waals surface area contributed by atoms with Gasteiger partial charge in [0.05, 0.1) is 24.3 Å². The molecule has 0 bridgehead atoms. The van der Waals surface area contributed by atoms with Gasteiger partial charge in [-0.15, -0.1) is 0 Å². The SMILES string of the molecule is CCCCCCN1CCC(NC(=O)c2cccc3c2OCC3)C(O)C1. The first-order valence-corrected chi connectivity index (χ1v) is 9.65. The molecular formula is C20H30N2O3. The van der Waals surface area contributed by atoms with Gasteiger partial charge in [0, 0.05) is 19.5 Å². The maximum Gasteiger partial charge on any atom is 0.255 e. The molecule has 0 aromatic heterocycles. The Kier molecular flexibility index (Phi) is 6.32. The van der Waals surface area contributed by atoms with E-state index in [0.717, 1.165) is 31.5 Å². The quantitative estimate of drug-likeness (QED) is 0.744. The molecule has 2 aliphatic heterocycles. The van der Waals surface area contributed by atoms with Crippen LogP contribution in [0, 0.1) is 0 Å². The van der Waals surface area contributed by atoms with Crippen molar-refractivity contribution in [3.8, 4) is 5.75 Å². The molecule has 25 heavy (non-hydrogen) atoms. The van der Waals surface area contributed by atoms with E-state index >= 15 is 0 Å². The number of nitrogens with zero attached hydrogens (tertiary/aromatic N) is 1. The number of carbonyl (C=O) groups excluding carboxylic acids is 1. The Morgan fingerprint density at radius 3 is 3.04 bits per heavy atom. The zero-order chi connectivity index (χ0) is 17.6. The molecule has 1 fully saturated rings. The summed E-state index contributed by atoms with van der Waals surface area (Å²) in [5.41, 5.74) is 1.68. The van der Waals surface area contributed by atoms with Gasteiger partial charge in [-0.2, -0.15) is 0 Å². The van der Waals surface area contributed by atoms with Gasteiger partial charge in [-0.1, -0.05) is 38.3 Å². The first-order valence-electron chi connectivity index (χ1n) is 9.65. The predicted octanol–water partition coefficient (Wildman–Crippen LogP) is 2.37. The third-order valence-electron chi connectivity index (χ3n) is 5.27. The van der Waals surface area contributed by atoms with Crippen LogP contribution >= 0.6 is 0 Å². The van der Waals surface area contributed by atoms with Gasteiger partial charge in [-0.05, 0) is 31.0 Å². The van der Waals surface area contributed by atoms with Gasteiger partial charge in [0.15, 0.2) is 0 Å². The van der Waals surface area contributed by atoms with Gasteiger partial charge in [-0.25, -0.2) is 0 Å². The molecular weight excluding hydrogens is 316 g/mol. The fraction of sp³-hybridized carbons (Fsp3) is 0.650. The molecule has 3 rings (SSSR count). The minimum atomic E-state index is -0.512. The summed E-state index contributed by atoms with van der Waals surface area (Å²) in [5.74, 6) is 0.571. The number of hydrogen-bond donors (Lipinski definition) is 2. The first kappa shape index (κ1) is 18.2. The summed E-state index contributed by atoms with van der Waals surface area (Å²) in [5, 5.41) is 13.5. The lowest BCUT2D eigenvalue weighted by molar-refractivity contribution is 0.0372. The molecule has 2 atom stereocenters. The normalized spacial score (nSPS) is 23.1. The number of hydrogen-bond acceptors (Lipinski definition) is 4. The topological polar surface area (TPSA) is 61.8 Å². The number of rotatable bonds is 7. The highest BCUT2D eigenvalue weighted by atomic mass is 16.5. The van der Waals surface area contributed by atoms with Crippen molar-refractivity contribution in [1.29, 1.82) is 0 Å². The molecule has 1 amide bonds. The van der Waals surface area contributed by atoms with Crippen molar-refractivity contribution < 1.29 is 14.6 Å². The lowest BCUT2D eigenvalue weighted by Crippen LogP contribution is -2.54. The van der Waals surface area contributed by atoms with E-state index in [9.17, 15) is 9.90 Å². The van der Waals surface area contributed by atoms with Crippen LogP contribution in [-0.4, -0.2) is 54.3 Å². The number of aliphatic hydroxyl groups is 1. The van der Waals surface area contributed by atoms with Crippen LogP contribution in [0.4, 0.5) is 0 Å². The second kappa shape index (κ2) is 8.68. The summed E-state index contributed by atoms with van der Waals surface area (Å²) >= 11 is 0. The van der Waals surface area contributed by atoms with Gasteiger partial charge in [0.1, 0.15) is 5.75 Å². The lowest BCUT2D eigenvalue weighted by atomic mass is 10.00. The maximum atomic E-state index is 12.6. The van der Waals surface area contributed by atoms with Crippen LogP contribution in [-0.2, 0) is 6.42 Å². The molecule has 0 radical (unpaired) electrons. The fourth-order valence-electron chi connectivity index (χ4n) is 3.77. The molecule has 5 nitrogen and oxygen atoms in total. The van der Waals surface area contributed by atoms with Gasteiger partial charge >= 0.3 is 0 Å². The largest absolute Gasteiger partial charge is 0.492 e. The van der Waals surface area contributed by atoms with Crippen LogP contribution < -0.4 is 10.1 Å². The van der Waals surface area contributed by atoms with E-state index in [4.69, 9.17) is 4.74 Å². The van der Waals surface area contributed by atoms with Crippen LogP contribution in [0.1, 0.15) is 54.9 Å². The Bertz CT molecular complexity index is 590. The highest BCUT2D eigenvalue weighted by molar-refractivity contribution is 5.97. The summed E-state index contributed by atoms with van der Waals surface area (Å²) in [4.78, 5) is 14.9. The lowest BCUT2D eigenvalue weighted by Gasteiger charge is -2.36.